The molecule has 0 bridgehead atoms. The Kier molecular flexibility index (Phi) is 6.19. The van der Waals surface area contributed by atoms with Crippen molar-refractivity contribution in [1.82, 2.24) is 0 Å². The van der Waals surface area contributed by atoms with Gasteiger partial charge in [-0.05, 0) is 21.3 Å². The molecule has 0 fully saturated rings. The van der Waals surface area contributed by atoms with Crippen LogP contribution in [0.2, 0.25) is 5.04 Å². The average Bonchev–Trinajstić information content (AvgIpc) is 2.55. The van der Waals surface area contributed by atoms with Gasteiger partial charge >= 0.3 is 5.97 Å². The minimum atomic E-state index is -2.56. The second-order valence-electron chi connectivity index (χ2n) is 7.68. The lowest BCUT2D eigenvalue weighted by Gasteiger charge is -2.43. The minimum Gasteiger partial charge on any atom is -0.481 e. The van der Waals surface area contributed by atoms with Crippen molar-refractivity contribution in [3.63, 3.8) is 0 Å². The van der Waals surface area contributed by atoms with Crippen LogP contribution in [0.1, 0.15) is 34.1 Å². The molecule has 0 saturated heterocycles. The Morgan fingerprint density at radius 1 is 1.00 bits per heavy atom. The van der Waals surface area contributed by atoms with Gasteiger partial charge in [0, 0.05) is 6.61 Å². The highest BCUT2D eigenvalue weighted by molar-refractivity contribution is 6.99. The summed E-state index contributed by atoms with van der Waals surface area (Å²) in [5, 5.41) is 11.4. The maximum absolute atomic E-state index is 11.0. The van der Waals surface area contributed by atoms with Gasteiger partial charge in [-0.2, -0.15) is 0 Å². The fourth-order valence-corrected chi connectivity index (χ4v) is 8.08. The summed E-state index contributed by atoms with van der Waals surface area (Å²) in [4.78, 5) is 11.0. The maximum Gasteiger partial charge on any atom is 0.303 e. The molecule has 1 unspecified atom stereocenters. The van der Waals surface area contributed by atoms with E-state index in [1.54, 1.807) is 0 Å². The zero-order chi connectivity index (χ0) is 18.5. The van der Waals surface area contributed by atoms with Crippen LogP contribution < -0.4 is 10.4 Å². The van der Waals surface area contributed by atoms with Crippen molar-refractivity contribution >= 4 is 24.7 Å². The number of carbonyl (C=O) groups is 1. The lowest BCUT2D eigenvalue weighted by molar-refractivity contribution is -0.138. The molecule has 2 aromatic carbocycles. The van der Waals surface area contributed by atoms with Gasteiger partial charge in [0.25, 0.3) is 8.32 Å². The Balaban J connectivity index is 2.51. The van der Waals surface area contributed by atoms with E-state index in [-0.39, 0.29) is 17.4 Å². The molecule has 0 aliphatic carbocycles. The van der Waals surface area contributed by atoms with E-state index >= 15 is 0 Å². The number of carboxylic acids is 1. The largest absolute Gasteiger partial charge is 0.481 e. The molecule has 2 aromatic rings. The highest BCUT2D eigenvalue weighted by Gasteiger charge is 2.50. The molecule has 0 aliphatic heterocycles. The Morgan fingerprint density at radius 3 is 1.80 bits per heavy atom. The first kappa shape index (κ1) is 19.4. The normalized spacial score (nSPS) is 13.4. The van der Waals surface area contributed by atoms with Crippen LogP contribution in [0.5, 0.6) is 0 Å². The Hall–Kier alpha value is -1.91. The van der Waals surface area contributed by atoms with Crippen LogP contribution in [0.15, 0.2) is 60.7 Å². The van der Waals surface area contributed by atoms with Crippen molar-refractivity contribution in [2.24, 2.45) is 5.92 Å². The van der Waals surface area contributed by atoms with Gasteiger partial charge in [0.2, 0.25) is 0 Å². The van der Waals surface area contributed by atoms with Crippen molar-refractivity contribution < 1.29 is 14.3 Å². The molecule has 134 valence electrons. The summed E-state index contributed by atoms with van der Waals surface area (Å²) in [5.41, 5.74) is 0. The molecule has 1 N–H and O–H groups in total. The van der Waals surface area contributed by atoms with E-state index in [1.165, 1.54) is 10.4 Å². The number of hydrogen-bond donors (Lipinski definition) is 1. The molecular formula is C21H28O3Si. The Labute approximate surface area is 151 Å². The molecule has 0 heterocycles. The first-order valence-electron chi connectivity index (χ1n) is 8.74. The summed E-state index contributed by atoms with van der Waals surface area (Å²) in [6.45, 7) is 9.05. The molecule has 0 aromatic heterocycles. The van der Waals surface area contributed by atoms with E-state index in [2.05, 4.69) is 69.3 Å². The molecular weight excluding hydrogens is 328 g/mol. The van der Waals surface area contributed by atoms with Crippen LogP contribution >= 0.6 is 0 Å². The average molecular weight is 357 g/mol. The molecule has 2 rings (SSSR count). The van der Waals surface area contributed by atoms with Crippen LogP contribution in [0.4, 0.5) is 0 Å². The standard InChI is InChI=1S/C21H28O3Si/c1-17(15-20(22)23)16-24-25(21(2,3)4,18-11-7-5-8-12-18)19-13-9-6-10-14-19/h5-14,17H,15-16H2,1-4H3,(H,22,23). The van der Waals surface area contributed by atoms with Crippen molar-refractivity contribution in [1.29, 1.82) is 0 Å². The lowest BCUT2D eigenvalue weighted by atomic mass is 10.1. The molecule has 0 radical (unpaired) electrons. The first-order chi connectivity index (χ1) is 11.8. The number of aliphatic carboxylic acids is 1. The molecule has 4 heteroatoms. The molecule has 25 heavy (non-hydrogen) atoms. The van der Waals surface area contributed by atoms with E-state index in [9.17, 15) is 4.79 Å². The fourth-order valence-electron chi connectivity index (χ4n) is 3.39. The van der Waals surface area contributed by atoms with E-state index in [0.717, 1.165) is 0 Å². The SMILES string of the molecule is CC(CO[Si](c1ccccc1)(c1ccccc1)C(C)(C)C)CC(=O)O. The third-order valence-electron chi connectivity index (χ3n) is 4.52. The highest BCUT2D eigenvalue weighted by Crippen LogP contribution is 2.37. The van der Waals surface area contributed by atoms with Crippen molar-refractivity contribution in [2.45, 2.75) is 39.2 Å². The third-order valence-corrected chi connectivity index (χ3v) is 9.53. The predicted octanol–water partition coefficient (Wildman–Crippen LogP) is 3.67. The number of hydrogen-bond acceptors (Lipinski definition) is 2. The van der Waals surface area contributed by atoms with Crippen LogP contribution in [0.25, 0.3) is 0 Å². The highest BCUT2D eigenvalue weighted by atomic mass is 28.4. The van der Waals surface area contributed by atoms with Gasteiger partial charge in [-0.15, -0.1) is 0 Å². The number of carboxylic acid groups (broad SMARTS) is 1. The summed E-state index contributed by atoms with van der Waals surface area (Å²) < 4.78 is 6.70. The topological polar surface area (TPSA) is 46.5 Å². The predicted molar refractivity (Wildman–Crippen MR) is 105 cm³/mol. The molecule has 0 aliphatic rings. The molecule has 1 atom stereocenters. The van der Waals surface area contributed by atoms with Crippen LogP contribution in [0, 0.1) is 5.92 Å². The van der Waals surface area contributed by atoms with Crippen molar-refractivity contribution in [3.05, 3.63) is 60.7 Å². The van der Waals surface area contributed by atoms with E-state index in [1.807, 2.05) is 19.1 Å². The van der Waals surface area contributed by atoms with E-state index < -0.39 is 14.3 Å². The smallest absolute Gasteiger partial charge is 0.303 e. The molecule has 0 amide bonds. The van der Waals surface area contributed by atoms with Gasteiger partial charge in [0.1, 0.15) is 0 Å². The van der Waals surface area contributed by atoms with E-state index in [4.69, 9.17) is 9.53 Å². The lowest BCUT2D eigenvalue weighted by Crippen LogP contribution is -2.66. The molecule has 0 saturated carbocycles. The van der Waals surface area contributed by atoms with Crippen LogP contribution in [-0.2, 0) is 9.22 Å². The summed E-state index contributed by atoms with van der Waals surface area (Å²) in [6, 6.07) is 20.8. The van der Waals surface area contributed by atoms with Gasteiger partial charge in [-0.3, -0.25) is 4.79 Å². The summed E-state index contributed by atoms with van der Waals surface area (Å²) in [5.74, 6) is -0.808. The van der Waals surface area contributed by atoms with Gasteiger partial charge in [-0.1, -0.05) is 88.4 Å². The van der Waals surface area contributed by atoms with Crippen LogP contribution in [0.3, 0.4) is 0 Å². The quantitative estimate of drug-likeness (QED) is 0.770. The molecule has 0 spiro atoms. The van der Waals surface area contributed by atoms with Crippen molar-refractivity contribution in [2.75, 3.05) is 6.61 Å². The number of rotatable bonds is 7. The second-order valence-corrected chi connectivity index (χ2v) is 12.0. The zero-order valence-electron chi connectivity index (χ0n) is 15.5. The third kappa shape index (κ3) is 4.38. The summed E-state index contributed by atoms with van der Waals surface area (Å²) in [7, 11) is -2.56. The first-order valence-corrected chi connectivity index (χ1v) is 10.6. The monoisotopic (exact) mass is 356 g/mol. The maximum atomic E-state index is 11.0. The molecule has 3 nitrogen and oxygen atoms in total. The van der Waals surface area contributed by atoms with Gasteiger partial charge < -0.3 is 9.53 Å². The van der Waals surface area contributed by atoms with Gasteiger partial charge in [0.15, 0.2) is 0 Å². The van der Waals surface area contributed by atoms with Crippen molar-refractivity contribution in [3.8, 4) is 0 Å². The fraction of sp³-hybridized carbons (Fsp3) is 0.381. The van der Waals surface area contributed by atoms with E-state index in [0.29, 0.717) is 6.61 Å². The number of benzene rings is 2. The Morgan fingerprint density at radius 2 is 1.44 bits per heavy atom. The second kappa shape index (κ2) is 7.98. The van der Waals surface area contributed by atoms with Gasteiger partial charge in [0.05, 0.1) is 6.42 Å². The van der Waals surface area contributed by atoms with Crippen LogP contribution in [-0.4, -0.2) is 26.0 Å². The zero-order valence-corrected chi connectivity index (χ0v) is 16.5. The summed E-state index contributed by atoms with van der Waals surface area (Å²) >= 11 is 0. The summed E-state index contributed by atoms with van der Waals surface area (Å²) in [6.07, 6.45) is 0.123. The Bertz CT molecular complexity index is 638. The van der Waals surface area contributed by atoms with Gasteiger partial charge in [-0.25, -0.2) is 0 Å². The minimum absolute atomic E-state index is 0.0286.